The number of carbonyl (C=O) groups excluding carboxylic acids is 2. The molecule has 0 saturated heterocycles. The van der Waals surface area contributed by atoms with Gasteiger partial charge in [-0.2, -0.15) is 0 Å². The highest BCUT2D eigenvalue weighted by atomic mass is 35.5. The number of ketones is 1. The average molecular weight is 329 g/mol. The Morgan fingerprint density at radius 1 is 1.43 bits per heavy atom. The number of benzene rings is 1. The van der Waals surface area contributed by atoms with Gasteiger partial charge >= 0.3 is 0 Å². The van der Waals surface area contributed by atoms with Gasteiger partial charge < -0.3 is 4.79 Å². The van der Waals surface area contributed by atoms with E-state index >= 15 is 0 Å². The number of hydrogen-bond donors (Lipinski definition) is 0. The van der Waals surface area contributed by atoms with Crippen LogP contribution in [0.5, 0.6) is 0 Å². The fourth-order valence-electron chi connectivity index (χ4n) is 2.77. The smallest absolute Gasteiger partial charge is 0.176 e. The second-order valence-corrected chi connectivity index (χ2v) is 7.98. The summed E-state index contributed by atoms with van der Waals surface area (Å²) in [6.45, 7) is 0. The van der Waals surface area contributed by atoms with E-state index in [1.807, 2.05) is 0 Å². The molecule has 0 unspecified atom stereocenters. The fourth-order valence-corrected chi connectivity index (χ4v) is 4.11. The maximum atomic E-state index is 11.5. The van der Waals surface area contributed by atoms with Gasteiger partial charge in [-0.1, -0.05) is 17.7 Å². The highest BCUT2D eigenvalue weighted by molar-refractivity contribution is 7.90. The molecule has 2 rings (SSSR count). The molecule has 1 saturated carbocycles. The van der Waals surface area contributed by atoms with Crippen molar-refractivity contribution in [1.29, 1.82) is 0 Å². The molecule has 1 aromatic rings. The number of sulfone groups is 1. The van der Waals surface area contributed by atoms with E-state index in [4.69, 9.17) is 11.6 Å². The quantitative estimate of drug-likeness (QED) is 0.779. The topological polar surface area (TPSA) is 68.3 Å². The largest absolute Gasteiger partial charge is 0.303 e. The third-order valence-electron chi connectivity index (χ3n) is 3.88. The van der Waals surface area contributed by atoms with Crippen molar-refractivity contribution in [3.63, 3.8) is 0 Å². The van der Waals surface area contributed by atoms with E-state index < -0.39 is 9.84 Å². The average Bonchev–Trinajstić information content (AvgIpc) is 2.80. The number of rotatable bonds is 5. The predicted molar refractivity (Wildman–Crippen MR) is 80.3 cm³/mol. The molecule has 2 atom stereocenters. The second-order valence-electron chi connectivity index (χ2n) is 5.59. The third kappa shape index (κ3) is 3.92. The van der Waals surface area contributed by atoms with E-state index in [2.05, 4.69) is 0 Å². The number of carbonyl (C=O) groups is 2. The van der Waals surface area contributed by atoms with Crippen LogP contribution in [-0.4, -0.2) is 26.7 Å². The first kappa shape index (κ1) is 16.2. The van der Waals surface area contributed by atoms with E-state index in [-0.39, 0.29) is 27.5 Å². The Labute approximate surface area is 129 Å². The molecule has 0 amide bonds. The molecule has 0 N–H and O–H groups in total. The molecular weight excluding hydrogens is 312 g/mol. The maximum absolute atomic E-state index is 11.5. The zero-order chi connectivity index (χ0) is 15.6. The number of aldehydes is 1. The van der Waals surface area contributed by atoms with Gasteiger partial charge in [-0.25, -0.2) is 8.42 Å². The van der Waals surface area contributed by atoms with Crippen molar-refractivity contribution in [2.45, 2.75) is 36.5 Å². The summed E-state index contributed by atoms with van der Waals surface area (Å²) in [4.78, 5) is 22.7. The molecule has 0 bridgehead atoms. The van der Waals surface area contributed by atoms with Crippen molar-refractivity contribution in [3.8, 4) is 0 Å². The molecule has 21 heavy (non-hydrogen) atoms. The van der Waals surface area contributed by atoms with Crippen LogP contribution in [0, 0.1) is 5.92 Å². The lowest BCUT2D eigenvalue weighted by molar-refractivity contribution is -0.117. The van der Waals surface area contributed by atoms with E-state index in [0.29, 0.717) is 24.8 Å². The van der Waals surface area contributed by atoms with Crippen LogP contribution in [0.1, 0.15) is 37.2 Å². The van der Waals surface area contributed by atoms with Crippen molar-refractivity contribution < 1.29 is 18.0 Å². The lowest BCUT2D eigenvalue weighted by Crippen LogP contribution is -2.08. The summed E-state index contributed by atoms with van der Waals surface area (Å²) in [6, 6.07) is 4.59. The van der Waals surface area contributed by atoms with Crippen molar-refractivity contribution in [2.75, 3.05) is 6.26 Å². The Balaban J connectivity index is 2.21. The predicted octanol–water partition coefficient (Wildman–Crippen LogP) is 2.79. The minimum absolute atomic E-state index is 0.0635. The minimum Gasteiger partial charge on any atom is -0.303 e. The molecular formula is C15H17ClO4S. The molecule has 1 aliphatic carbocycles. The molecule has 1 fully saturated rings. The molecule has 6 heteroatoms. The summed E-state index contributed by atoms with van der Waals surface area (Å²) in [5.74, 6) is 0.114. The second kappa shape index (κ2) is 6.28. The first-order valence-electron chi connectivity index (χ1n) is 6.77. The molecule has 0 aromatic heterocycles. The standard InChI is InChI=1S/C15H17ClO4S/c1-21(19,20)15-5-3-11(8-14(15)16)12(9-17)6-10-2-4-13(18)7-10/h3,5,8-10,12H,2,4,6-7H2,1H3/t10-,12+/m1/s1. The van der Waals surface area contributed by atoms with Gasteiger partial charge in [0.25, 0.3) is 0 Å². The van der Waals surface area contributed by atoms with Gasteiger partial charge in [-0.05, 0) is 36.5 Å². The van der Waals surface area contributed by atoms with Gasteiger partial charge in [0.05, 0.1) is 9.92 Å². The van der Waals surface area contributed by atoms with Crippen LogP contribution < -0.4 is 0 Å². The summed E-state index contributed by atoms with van der Waals surface area (Å²) in [6.07, 6.45) is 4.47. The molecule has 114 valence electrons. The van der Waals surface area contributed by atoms with Crippen LogP contribution in [0.4, 0.5) is 0 Å². The number of halogens is 1. The third-order valence-corrected chi connectivity index (χ3v) is 5.46. The normalized spacial score (nSPS) is 20.5. The van der Waals surface area contributed by atoms with E-state index in [1.54, 1.807) is 6.07 Å². The summed E-state index contributed by atoms with van der Waals surface area (Å²) in [5.41, 5.74) is 0.696. The Morgan fingerprint density at radius 3 is 2.62 bits per heavy atom. The molecule has 1 aliphatic rings. The van der Waals surface area contributed by atoms with Gasteiger partial charge in [0.15, 0.2) is 9.84 Å². The Morgan fingerprint density at radius 2 is 2.14 bits per heavy atom. The molecule has 0 spiro atoms. The SMILES string of the molecule is CS(=O)(=O)c1ccc([C@H](C=O)C[C@H]2CCC(=O)C2)cc1Cl. The van der Waals surface area contributed by atoms with Gasteiger partial charge in [0, 0.05) is 25.0 Å². The highest BCUT2D eigenvalue weighted by Gasteiger charge is 2.26. The first-order chi connectivity index (χ1) is 9.81. The highest BCUT2D eigenvalue weighted by Crippen LogP contribution is 2.33. The van der Waals surface area contributed by atoms with Crippen molar-refractivity contribution in [1.82, 2.24) is 0 Å². The van der Waals surface area contributed by atoms with Crippen LogP contribution in [0.3, 0.4) is 0 Å². The lowest BCUT2D eigenvalue weighted by atomic mass is 9.89. The number of hydrogen-bond acceptors (Lipinski definition) is 4. The summed E-state index contributed by atoms with van der Waals surface area (Å²) in [5, 5.41) is 0.129. The van der Waals surface area contributed by atoms with Crippen molar-refractivity contribution in [2.24, 2.45) is 5.92 Å². The van der Waals surface area contributed by atoms with Gasteiger partial charge in [-0.15, -0.1) is 0 Å². The molecule has 1 aromatic carbocycles. The van der Waals surface area contributed by atoms with Crippen LogP contribution in [0.25, 0.3) is 0 Å². The van der Waals surface area contributed by atoms with E-state index in [9.17, 15) is 18.0 Å². The van der Waals surface area contributed by atoms with Crippen LogP contribution in [0.2, 0.25) is 5.02 Å². The summed E-state index contributed by atoms with van der Waals surface area (Å²) < 4.78 is 23.1. The van der Waals surface area contributed by atoms with Crippen LogP contribution >= 0.6 is 11.6 Å². The van der Waals surface area contributed by atoms with E-state index in [1.165, 1.54) is 12.1 Å². The summed E-state index contributed by atoms with van der Waals surface area (Å²) in [7, 11) is -3.38. The van der Waals surface area contributed by atoms with Crippen molar-refractivity contribution >= 4 is 33.5 Å². The monoisotopic (exact) mass is 328 g/mol. The molecule has 0 radical (unpaired) electrons. The van der Waals surface area contributed by atoms with Crippen molar-refractivity contribution in [3.05, 3.63) is 28.8 Å². The zero-order valence-electron chi connectivity index (χ0n) is 11.7. The van der Waals surface area contributed by atoms with Gasteiger partial charge in [0.1, 0.15) is 12.1 Å². The fraction of sp³-hybridized carbons (Fsp3) is 0.467. The molecule has 0 aliphatic heterocycles. The van der Waals surface area contributed by atoms with Gasteiger partial charge in [-0.3, -0.25) is 4.79 Å². The Kier molecular flexibility index (Phi) is 4.84. The first-order valence-corrected chi connectivity index (χ1v) is 9.04. The summed E-state index contributed by atoms with van der Waals surface area (Å²) >= 11 is 6.01. The number of Topliss-reactive ketones (excluding diaryl/α,β-unsaturated/α-hetero) is 1. The van der Waals surface area contributed by atoms with E-state index in [0.717, 1.165) is 19.0 Å². The zero-order valence-corrected chi connectivity index (χ0v) is 13.3. The molecule has 0 heterocycles. The Bertz CT molecular complexity index is 666. The Hall–Kier alpha value is -1.20. The van der Waals surface area contributed by atoms with Crippen LogP contribution in [0.15, 0.2) is 23.1 Å². The minimum atomic E-state index is -3.38. The molecule has 4 nitrogen and oxygen atoms in total. The lowest BCUT2D eigenvalue weighted by Gasteiger charge is -2.16. The van der Waals surface area contributed by atoms with Crippen LogP contribution in [-0.2, 0) is 19.4 Å². The van der Waals surface area contributed by atoms with Gasteiger partial charge in [0.2, 0.25) is 0 Å². The maximum Gasteiger partial charge on any atom is 0.176 e.